The summed E-state index contributed by atoms with van der Waals surface area (Å²) >= 11 is 5.24. The van der Waals surface area contributed by atoms with Crippen LogP contribution in [0.3, 0.4) is 0 Å². The molecule has 1 heterocycles. The second-order valence-electron chi connectivity index (χ2n) is 3.84. The van der Waals surface area contributed by atoms with Gasteiger partial charge in [0.2, 0.25) is 0 Å². The minimum atomic E-state index is 0.478. The molecule has 0 saturated heterocycles. The number of benzene rings is 1. The fraction of sp³-hybridized carbons (Fsp3) is 0.231. The third-order valence-electron chi connectivity index (χ3n) is 2.56. The second-order valence-corrected chi connectivity index (χ2v) is 4.24. The molecule has 2 aromatic rings. The van der Waals surface area contributed by atoms with Crippen LogP contribution in [0.2, 0.25) is 0 Å². The molecule has 2 N–H and O–H groups in total. The first-order valence-corrected chi connectivity index (χ1v) is 6.38. The van der Waals surface area contributed by atoms with Gasteiger partial charge in [-0.05, 0) is 31.3 Å². The van der Waals surface area contributed by atoms with Crippen LogP contribution in [0, 0.1) is 0 Å². The van der Waals surface area contributed by atoms with E-state index in [1.807, 2.05) is 48.1 Å². The summed E-state index contributed by atoms with van der Waals surface area (Å²) in [6.07, 6.45) is 1.90. The highest BCUT2D eigenvalue weighted by atomic mass is 32.1. The molecule has 0 aliphatic rings. The van der Waals surface area contributed by atoms with E-state index in [9.17, 15) is 0 Å². The SMILES string of the molecule is CCn1ccc(NC(=S)Nc2ccccc2OC)n1. The molecule has 1 aromatic carbocycles. The molecular weight excluding hydrogens is 260 g/mol. The molecule has 0 aliphatic heterocycles. The lowest BCUT2D eigenvalue weighted by atomic mass is 10.3. The molecule has 2 rings (SSSR count). The molecule has 0 unspecified atom stereocenters. The standard InChI is InChI=1S/C13H16N4OS/c1-3-17-9-8-12(16-17)15-13(19)14-10-6-4-5-7-11(10)18-2/h4-9H,3H2,1-2H3,(H2,14,15,16,19). The van der Waals surface area contributed by atoms with Crippen LogP contribution < -0.4 is 15.4 Å². The molecule has 0 saturated carbocycles. The molecule has 0 radical (unpaired) electrons. The highest BCUT2D eigenvalue weighted by Gasteiger charge is 2.05. The third kappa shape index (κ3) is 3.45. The Bertz CT molecular complexity index is 567. The molecule has 0 fully saturated rings. The van der Waals surface area contributed by atoms with E-state index < -0.39 is 0 Å². The lowest BCUT2D eigenvalue weighted by molar-refractivity contribution is 0.417. The van der Waals surface area contributed by atoms with Crippen molar-refractivity contribution in [1.82, 2.24) is 9.78 Å². The van der Waals surface area contributed by atoms with E-state index >= 15 is 0 Å². The molecule has 0 atom stereocenters. The number of anilines is 2. The van der Waals surface area contributed by atoms with E-state index in [4.69, 9.17) is 17.0 Å². The van der Waals surface area contributed by atoms with Crippen LogP contribution in [0.5, 0.6) is 5.75 Å². The molecule has 0 bridgehead atoms. The van der Waals surface area contributed by atoms with Gasteiger partial charge in [-0.1, -0.05) is 12.1 Å². The molecule has 0 spiro atoms. The first-order valence-electron chi connectivity index (χ1n) is 5.97. The van der Waals surface area contributed by atoms with Gasteiger partial charge in [0, 0.05) is 18.8 Å². The third-order valence-corrected chi connectivity index (χ3v) is 2.77. The van der Waals surface area contributed by atoms with Gasteiger partial charge in [0.05, 0.1) is 12.8 Å². The van der Waals surface area contributed by atoms with Gasteiger partial charge >= 0.3 is 0 Å². The number of methoxy groups -OCH3 is 1. The molecule has 0 amide bonds. The van der Waals surface area contributed by atoms with E-state index in [-0.39, 0.29) is 0 Å². The molecule has 19 heavy (non-hydrogen) atoms. The molecule has 1 aromatic heterocycles. The first-order chi connectivity index (χ1) is 9.22. The summed E-state index contributed by atoms with van der Waals surface area (Å²) in [6, 6.07) is 9.47. The van der Waals surface area contributed by atoms with Crippen molar-refractivity contribution in [2.75, 3.05) is 17.7 Å². The average molecular weight is 276 g/mol. The number of nitrogens with one attached hydrogen (secondary N) is 2. The molecule has 5 nitrogen and oxygen atoms in total. The summed E-state index contributed by atoms with van der Waals surface area (Å²) in [5.41, 5.74) is 0.817. The number of aryl methyl sites for hydroxylation is 1. The minimum absolute atomic E-state index is 0.478. The Morgan fingerprint density at radius 2 is 2.11 bits per heavy atom. The van der Waals surface area contributed by atoms with Crippen LogP contribution >= 0.6 is 12.2 Å². The number of hydrogen-bond donors (Lipinski definition) is 2. The van der Waals surface area contributed by atoms with Crippen molar-refractivity contribution in [2.45, 2.75) is 13.5 Å². The Morgan fingerprint density at radius 3 is 2.79 bits per heavy atom. The van der Waals surface area contributed by atoms with Crippen molar-refractivity contribution in [1.29, 1.82) is 0 Å². The summed E-state index contributed by atoms with van der Waals surface area (Å²) in [7, 11) is 1.62. The van der Waals surface area contributed by atoms with Gasteiger partial charge in [0.25, 0.3) is 0 Å². The van der Waals surface area contributed by atoms with Crippen LogP contribution in [0.25, 0.3) is 0 Å². The molecule has 0 aliphatic carbocycles. The number of nitrogens with zero attached hydrogens (tertiary/aromatic N) is 2. The largest absolute Gasteiger partial charge is 0.495 e. The maximum absolute atomic E-state index is 5.25. The highest BCUT2D eigenvalue weighted by molar-refractivity contribution is 7.80. The summed E-state index contributed by atoms with van der Waals surface area (Å²) in [5.74, 6) is 1.46. The zero-order chi connectivity index (χ0) is 13.7. The van der Waals surface area contributed by atoms with Gasteiger partial charge in [0.15, 0.2) is 10.9 Å². The topological polar surface area (TPSA) is 51.1 Å². The average Bonchev–Trinajstić information content (AvgIpc) is 2.87. The van der Waals surface area contributed by atoms with Crippen molar-refractivity contribution in [3.63, 3.8) is 0 Å². The molecular formula is C13H16N4OS. The molecule has 6 heteroatoms. The normalized spacial score (nSPS) is 10.0. The zero-order valence-electron chi connectivity index (χ0n) is 10.9. The highest BCUT2D eigenvalue weighted by Crippen LogP contribution is 2.23. The van der Waals surface area contributed by atoms with Crippen LogP contribution in [-0.4, -0.2) is 22.0 Å². The van der Waals surface area contributed by atoms with Gasteiger partial charge in [-0.2, -0.15) is 5.10 Å². The summed E-state index contributed by atoms with van der Waals surface area (Å²) < 4.78 is 7.08. The zero-order valence-corrected chi connectivity index (χ0v) is 11.7. The Labute approximate surface area is 117 Å². The monoisotopic (exact) mass is 276 g/mol. The predicted octanol–water partition coefficient (Wildman–Crippen LogP) is 2.72. The summed E-state index contributed by atoms with van der Waals surface area (Å²) in [4.78, 5) is 0. The Morgan fingerprint density at radius 1 is 1.32 bits per heavy atom. The Balaban J connectivity index is 2.01. The number of rotatable bonds is 4. The Kier molecular flexibility index (Phi) is 4.35. The van der Waals surface area contributed by atoms with Gasteiger partial charge in [0.1, 0.15) is 5.75 Å². The number of aromatic nitrogens is 2. The van der Waals surface area contributed by atoms with Crippen molar-refractivity contribution >= 4 is 28.8 Å². The van der Waals surface area contributed by atoms with Gasteiger partial charge in [-0.15, -0.1) is 0 Å². The first kappa shape index (κ1) is 13.4. The van der Waals surface area contributed by atoms with Crippen molar-refractivity contribution in [2.24, 2.45) is 0 Å². The van der Waals surface area contributed by atoms with E-state index in [2.05, 4.69) is 15.7 Å². The van der Waals surface area contributed by atoms with E-state index in [1.54, 1.807) is 7.11 Å². The van der Waals surface area contributed by atoms with Gasteiger partial charge < -0.3 is 15.4 Å². The fourth-order valence-corrected chi connectivity index (χ4v) is 1.84. The van der Waals surface area contributed by atoms with Crippen LogP contribution in [0.1, 0.15) is 6.92 Å². The fourth-order valence-electron chi connectivity index (χ4n) is 1.62. The van der Waals surface area contributed by atoms with Crippen molar-refractivity contribution in [3.8, 4) is 5.75 Å². The smallest absolute Gasteiger partial charge is 0.176 e. The second kappa shape index (κ2) is 6.19. The van der Waals surface area contributed by atoms with E-state index in [0.29, 0.717) is 10.9 Å². The van der Waals surface area contributed by atoms with E-state index in [0.717, 1.165) is 18.0 Å². The van der Waals surface area contributed by atoms with Crippen molar-refractivity contribution < 1.29 is 4.74 Å². The van der Waals surface area contributed by atoms with Crippen LogP contribution in [0.4, 0.5) is 11.5 Å². The number of ether oxygens (including phenoxy) is 1. The maximum atomic E-state index is 5.25. The Hall–Kier alpha value is -2.08. The van der Waals surface area contributed by atoms with E-state index in [1.165, 1.54) is 0 Å². The quantitative estimate of drug-likeness (QED) is 0.841. The number of hydrogen-bond acceptors (Lipinski definition) is 3. The number of para-hydroxylation sites is 2. The van der Waals surface area contributed by atoms with Crippen molar-refractivity contribution in [3.05, 3.63) is 36.5 Å². The molecule has 100 valence electrons. The minimum Gasteiger partial charge on any atom is -0.495 e. The van der Waals surface area contributed by atoms with Gasteiger partial charge in [-0.3, -0.25) is 4.68 Å². The predicted molar refractivity (Wildman–Crippen MR) is 80.7 cm³/mol. The maximum Gasteiger partial charge on any atom is 0.176 e. The summed E-state index contributed by atoms with van der Waals surface area (Å²) in [6.45, 7) is 2.86. The lowest BCUT2D eigenvalue weighted by Gasteiger charge is -2.11. The lowest BCUT2D eigenvalue weighted by Crippen LogP contribution is -2.19. The van der Waals surface area contributed by atoms with Gasteiger partial charge in [-0.25, -0.2) is 0 Å². The van der Waals surface area contributed by atoms with Crippen LogP contribution in [-0.2, 0) is 6.54 Å². The van der Waals surface area contributed by atoms with Crippen LogP contribution in [0.15, 0.2) is 36.5 Å². The summed E-state index contributed by atoms with van der Waals surface area (Å²) in [5, 5.41) is 10.9. The number of thiocarbonyl (C=S) groups is 1.